The first-order chi connectivity index (χ1) is 11.3. The molecule has 136 valence electrons. The summed E-state index contributed by atoms with van der Waals surface area (Å²) in [6, 6.07) is 0. The van der Waals surface area contributed by atoms with Crippen molar-refractivity contribution in [1.29, 1.82) is 0 Å². The Labute approximate surface area is 143 Å². The van der Waals surface area contributed by atoms with Crippen molar-refractivity contribution in [3.05, 3.63) is 24.3 Å². The highest BCUT2D eigenvalue weighted by Gasteiger charge is 2.00. The van der Waals surface area contributed by atoms with Crippen LogP contribution < -0.4 is 0 Å². The number of rotatable bonds is 17. The normalized spacial score (nSPS) is 13.3. The minimum atomic E-state index is -0.729. The van der Waals surface area contributed by atoms with Crippen LogP contribution in [0.3, 0.4) is 0 Å². The largest absolute Gasteiger partial charge is 0.394 e. The standard InChI is InChI=1S/C20H38O3/c1-2-3-4-5-6-7-8-9-10-11-12-13-14-15-16-17-23-19-20(22)18-21/h6-7,9-10,20-22H,2-5,8,11-19H2,1H3/b7-6+,10-9+/t20-/m1/s1. The quantitative estimate of drug-likeness (QED) is 0.299. The van der Waals surface area contributed by atoms with E-state index >= 15 is 0 Å². The fourth-order valence-electron chi connectivity index (χ4n) is 2.29. The molecule has 0 radical (unpaired) electrons. The molecule has 0 saturated heterocycles. The second kappa shape index (κ2) is 19.4. The molecular weight excluding hydrogens is 288 g/mol. The van der Waals surface area contributed by atoms with Crippen LogP contribution in [0.5, 0.6) is 0 Å². The van der Waals surface area contributed by atoms with Crippen LogP contribution in [0.15, 0.2) is 24.3 Å². The van der Waals surface area contributed by atoms with E-state index in [9.17, 15) is 0 Å². The number of hydrogen-bond donors (Lipinski definition) is 2. The molecule has 0 aromatic rings. The molecule has 0 amide bonds. The van der Waals surface area contributed by atoms with E-state index in [2.05, 4.69) is 31.2 Å². The molecule has 0 aromatic carbocycles. The lowest BCUT2D eigenvalue weighted by molar-refractivity contribution is 0.00526. The van der Waals surface area contributed by atoms with E-state index in [1.807, 2.05) is 0 Å². The van der Waals surface area contributed by atoms with Crippen molar-refractivity contribution < 1.29 is 14.9 Å². The molecule has 0 spiro atoms. The first-order valence-corrected chi connectivity index (χ1v) is 9.48. The van der Waals surface area contributed by atoms with Gasteiger partial charge in [-0.1, -0.05) is 63.3 Å². The van der Waals surface area contributed by atoms with Crippen LogP contribution in [-0.2, 0) is 4.74 Å². The molecule has 0 aliphatic carbocycles. The van der Waals surface area contributed by atoms with Crippen LogP contribution in [0, 0.1) is 0 Å². The Hall–Kier alpha value is -0.640. The lowest BCUT2D eigenvalue weighted by Crippen LogP contribution is -2.19. The van der Waals surface area contributed by atoms with Gasteiger partial charge in [-0.25, -0.2) is 0 Å². The molecule has 3 heteroatoms. The minimum Gasteiger partial charge on any atom is -0.394 e. The fraction of sp³-hybridized carbons (Fsp3) is 0.800. The van der Waals surface area contributed by atoms with Crippen molar-refractivity contribution in [2.75, 3.05) is 19.8 Å². The Morgan fingerprint density at radius 1 is 0.826 bits per heavy atom. The van der Waals surface area contributed by atoms with E-state index in [4.69, 9.17) is 14.9 Å². The van der Waals surface area contributed by atoms with Gasteiger partial charge in [-0.3, -0.25) is 0 Å². The molecule has 23 heavy (non-hydrogen) atoms. The Morgan fingerprint density at radius 2 is 1.43 bits per heavy atom. The molecule has 1 atom stereocenters. The summed E-state index contributed by atoms with van der Waals surface area (Å²) >= 11 is 0. The summed E-state index contributed by atoms with van der Waals surface area (Å²) in [6.07, 6.45) is 21.9. The molecule has 0 aliphatic heterocycles. The molecule has 0 bridgehead atoms. The van der Waals surface area contributed by atoms with Crippen LogP contribution in [-0.4, -0.2) is 36.1 Å². The number of unbranched alkanes of at least 4 members (excludes halogenated alkanes) is 8. The molecule has 0 fully saturated rings. The average molecular weight is 327 g/mol. The zero-order valence-electron chi connectivity index (χ0n) is 15.1. The highest BCUT2D eigenvalue weighted by molar-refractivity contribution is 4.92. The fourth-order valence-corrected chi connectivity index (χ4v) is 2.29. The summed E-state index contributed by atoms with van der Waals surface area (Å²) in [5.74, 6) is 0. The first-order valence-electron chi connectivity index (χ1n) is 9.48. The maximum atomic E-state index is 9.10. The highest BCUT2D eigenvalue weighted by atomic mass is 16.5. The number of aliphatic hydroxyl groups excluding tert-OH is 2. The number of allylic oxidation sites excluding steroid dienone is 4. The summed E-state index contributed by atoms with van der Waals surface area (Å²) < 4.78 is 5.27. The molecule has 0 rings (SSSR count). The Bertz CT molecular complexity index is 274. The minimum absolute atomic E-state index is 0.220. The monoisotopic (exact) mass is 326 g/mol. The molecule has 3 nitrogen and oxygen atoms in total. The van der Waals surface area contributed by atoms with E-state index in [1.54, 1.807) is 0 Å². The lowest BCUT2D eigenvalue weighted by atomic mass is 10.1. The van der Waals surface area contributed by atoms with E-state index in [0.717, 1.165) is 12.8 Å². The average Bonchev–Trinajstić information content (AvgIpc) is 2.57. The van der Waals surface area contributed by atoms with E-state index in [-0.39, 0.29) is 13.2 Å². The van der Waals surface area contributed by atoms with Gasteiger partial charge in [-0.05, 0) is 38.5 Å². The van der Waals surface area contributed by atoms with Crippen molar-refractivity contribution in [2.24, 2.45) is 0 Å². The van der Waals surface area contributed by atoms with Gasteiger partial charge in [0.1, 0.15) is 6.10 Å². The molecule has 2 N–H and O–H groups in total. The summed E-state index contributed by atoms with van der Waals surface area (Å²) in [7, 11) is 0. The topological polar surface area (TPSA) is 49.7 Å². The van der Waals surface area contributed by atoms with Crippen LogP contribution >= 0.6 is 0 Å². The van der Waals surface area contributed by atoms with Crippen molar-refractivity contribution in [3.8, 4) is 0 Å². The maximum Gasteiger partial charge on any atom is 0.100 e. The van der Waals surface area contributed by atoms with Crippen LogP contribution in [0.2, 0.25) is 0 Å². The van der Waals surface area contributed by atoms with E-state index < -0.39 is 6.10 Å². The van der Waals surface area contributed by atoms with Crippen molar-refractivity contribution >= 4 is 0 Å². The number of hydrogen-bond acceptors (Lipinski definition) is 3. The zero-order valence-corrected chi connectivity index (χ0v) is 15.1. The summed E-state index contributed by atoms with van der Waals surface area (Å²) in [5, 5.41) is 17.7. The highest BCUT2D eigenvalue weighted by Crippen LogP contribution is 2.07. The van der Waals surface area contributed by atoms with Crippen molar-refractivity contribution in [1.82, 2.24) is 0 Å². The third-order valence-electron chi connectivity index (χ3n) is 3.76. The number of ether oxygens (including phenoxy) is 1. The molecule has 0 unspecified atom stereocenters. The molecule has 0 saturated carbocycles. The van der Waals surface area contributed by atoms with Gasteiger partial charge < -0.3 is 14.9 Å². The second-order valence-electron chi connectivity index (χ2n) is 6.14. The molecule has 0 heterocycles. The van der Waals surface area contributed by atoms with Crippen LogP contribution in [0.4, 0.5) is 0 Å². The van der Waals surface area contributed by atoms with Crippen LogP contribution in [0.1, 0.15) is 77.6 Å². The summed E-state index contributed by atoms with van der Waals surface area (Å²) in [6.45, 7) is 2.95. The van der Waals surface area contributed by atoms with Gasteiger partial charge in [0.15, 0.2) is 0 Å². The Kier molecular flexibility index (Phi) is 18.9. The molecule has 0 aromatic heterocycles. The molecule has 0 aliphatic rings. The predicted molar refractivity (Wildman–Crippen MR) is 98.7 cm³/mol. The summed E-state index contributed by atoms with van der Waals surface area (Å²) in [4.78, 5) is 0. The van der Waals surface area contributed by atoms with Crippen LogP contribution in [0.25, 0.3) is 0 Å². The zero-order chi connectivity index (χ0) is 17.0. The third kappa shape index (κ3) is 19.3. The van der Waals surface area contributed by atoms with Gasteiger partial charge in [-0.15, -0.1) is 0 Å². The van der Waals surface area contributed by atoms with E-state index in [1.165, 1.54) is 57.8 Å². The SMILES string of the molecule is CCCCC/C=C/C/C=C/CCCCCCCOC[C@H](O)CO. The third-order valence-corrected chi connectivity index (χ3v) is 3.76. The maximum absolute atomic E-state index is 9.10. The van der Waals surface area contributed by atoms with Gasteiger partial charge in [-0.2, -0.15) is 0 Å². The second-order valence-corrected chi connectivity index (χ2v) is 6.14. The first kappa shape index (κ1) is 22.4. The van der Waals surface area contributed by atoms with Crippen molar-refractivity contribution in [3.63, 3.8) is 0 Å². The lowest BCUT2D eigenvalue weighted by Gasteiger charge is -2.07. The van der Waals surface area contributed by atoms with Gasteiger partial charge in [0.05, 0.1) is 13.2 Å². The van der Waals surface area contributed by atoms with E-state index in [0.29, 0.717) is 6.61 Å². The van der Waals surface area contributed by atoms with Gasteiger partial charge in [0, 0.05) is 6.61 Å². The smallest absolute Gasteiger partial charge is 0.100 e. The predicted octanol–water partition coefficient (Wildman–Crippen LogP) is 4.78. The Balaban J connectivity index is 3.16. The van der Waals surface area contributed by atoms with Gasteiger partial charge in [0.25, 0.3) is 0 Å². The van der Waals surface area contributed by atoms with Crippen molar-refractivity contribution in [2.45, 2.75) is 83.7 Å². The molecular formula is C20H38O3. The van der Waals surface area contributed by atoms with Gasteiger partial charge in [0.2, 0.25) is 0 Å². The summed E-state index contributed by atoms with van der Waals surface area (Å²) in [5.41, 5.74) is 0. The Morgan fingerprint density at radius 3 is 2.09 bits per heavy atom. The number of aliphatic hydroxyl groups is 2. The van der Waals surface area contributed by atoms with Gasteiger partial charge >= 0.3 is 0 Å².